The Balaban J connectivity index is 1.19. The summed E-state index contributed by atoms with van der Waals surface area (Å²) in [5, 5.41) is 4.90. The smallest absolute Gasteiger partial charge is 0.255 e. The number of benzene rings is 4. The number of pyridine rings is 1. The van der Waals surface area contributed by atoms with E-state index in [1.165, 1.54) is 0 Å². The van der Waals surface area contributed by atoms with Crippen molar-refractivity contribution in [3.8, 4) is 5.75 Å². The number of nitrogens with one attached hydrogen (secondary N) is 2. The lowest BCUT2D eigenvalue weighted by molar-refractivity contribution is 0.0792. The topological polar surface area (TPSA) is 108 Å². The first-order valence-corrected chi connectivity index (χ1v) is 16.0. The maximum absolute atomic E-state index is 13.0. The molecule has 0 bridgehead atoms. The maximum Gasteiger partial charge on any atom is 0.255 e. The first-order valence-electron chi connectivity index (χ1n) is 16.0. The average molecular weight is 624 g/mol. The Kier molecular flexibility index (Phi) is 8.53. The Hall–Kier alpha value is -5.67. The molecular formula is C38H37N7O2. The summed E-state index contributed by atoms with van der Waals surface area (Å²) < 4.78 is 5.95. The highest BCUT2D eigenvalue weighted by atomic mass is 16.5. The number of rotatable bonds is 8. The highest BCUT2D eigenvalue weighted by molar-refractivity contribution is 5.98. The molecule has 4 aromatic carbocycles. The van der Waals surface area contributed by atoms with E-state index in [1.54, 1.807) is 6.20 Å². The fourth-order valence-corrected chi connectivity index (χ4v) is 6.45. The van der Waals surface area contributed by atoms with E-state index < -0.39 is 5.54 Å². The van der Waals surface area contributed by atoms with Gasteiger partial charge in [0.25, 0.3) is 5.91 Å². The number of ether oxygens (including phenoxy) is 1. The van der Waals surface area contributed by atoms with E-state index in [0.29, 0.717) is 36.1 Å². The van der Waals surface area contributed by atoms with Crippen molar-refractivity contribution in [1.82, 2.24) is 20.7 Å². The standard InChI is InChI=1S/C38H37N7O2/c39-41-35(42-43-38(30-12-4-1-5-13-30,31-14-6-2-7-15-31)32-16-8-3-9-17-32)28-18-20-33(21-19-28)45-24-25-47-34-26-29(27-40-36(34)45)37(46)44-22-10-11-23-44/h1-9,12-21,26-27,43H,10-11,22-25,39H2,(H,41,42). The minimum absolute atomic E-state index is 0.00778. The molecule has 0 atom stereocenters. The number of amides is 1. The van der Waals surface area contributed by atoms with Gasteiger partial charge >= 0.3 is 0 Å². The predicted molar refractivity (Wildman–Crippen MR) is 185 cm³/mol. The Morgan fingerprint density at radius 3 is 1.89 bits per heavy atom. The van der Waals surface area contributed by atoms with E-state index in [-0.39, 0.29) is 5.91 Å². The average Bonchev–Trinajstić information content (AvgIpc) is 3.70. The predicted octanol–water partition coefficient (Wildman–Crippen LogP) is 5.55. The molecule has 1 amide bonds. The van der Waals surface area contributed by atoms with Gasteiger partial charge in [0.1, 0.15) is 12.1 Å². The van der Waals surface area contributed by atoms with Crippen molar-refractivity contribution in [2.24, 2.45) is 10.9 Å². The summed E-state index contributed by atoms with van der Waals surface area (Å²) in [7, 11) is 0. The highest BCUT2D eigenvalue weighted by Gasteiger charge is 2.36. The van der Waals surface area contributed by atoms with Crippen molar-refractivity contribution in [1.29, 1.82) is 0 Å². The number of hydrazine groups is 1. The largest absolute Gasteiger partial charge is 0.488 e. The van der Waals surface area contributed by atoms with Crippen LogP contribution in [-0.2, 0) is 5.54 Å². The van der Waals surface area contributed by atoms with Gasteiger partial charge in [-0.15, -0.1) is 0 Å². The molecule has 2 aliphatic rings. The van der Waals surface area contributed by atoms with Crippen LogP contribution in [0.3, 0.4) is 0 Å². The Morgan fingerprint density at radius 2 is 1.34 bits per heavy atom. The van der Waals surface area contributed by atoms with Crippen molar-refractivity contribution < 1.29 is 9.53 Å². The lowest BCUT2D eigenvalue weighted by Gasteiger charge is -2.35. The first kappa shape index (κ1) is 30.0. The van der Waals surface area contributed by atoms with Crippen LogP contribution in [0.4, 0.5) is 11.5 Å². The van der Waals surface area contributed by atoms with E-state index in [4.69, 9.17) is 15.7 Å². The van der Waals surface area contributed by atoms with Gasteiger partial charge in [-0.2, -0.15) is 5.10 Å². The number of anilines is 2. The summed E-state index contributed by atoms with van der Waals surface area (Å²) >= 11 is 0. The number of aromatic nitrogens is 1. The van der Waals surface area contributed by atoms with Gasteiger partial charge in [0.05, 0.1) is 12.1 Å². The quantitative estimate of drug-likeness (QED) is 0.0684. The number of hydrogen-bond acceptors (Lipinski definition) is 7. The van der Waals surface area contributed by atoms with Crippen molar-refractivity contribution >= 4 is 23.2 Å². The Labute approximate surface area is 274 Å². The van der Waals surface area contributed by atoms with Crippen LogP contribution in [0.1, 0.15) is 45.5 Å². The zero-order chi connectivity index (χ0) is 32.1. The monoisotopic (exact) mass is 623 g/mol. The van der Waals surface area contributed by atoms with Gasteiger partial charge in [-0.1, -0.05) is 91.0 Å². The molecule has 47 heavy (non-hydrogen) atoms. The van der Waals surface area contributed by atoms with Gasteiger partial charge in [0.15, 0.2) is 17.4 Å². The Bertz CT molecular complexity index is 1750. The van der Waals surface area contributed by atoms with E-state index in [0.717, 1.165) is 53.9 Å². The number of carbonyl (C=O) groups excluding carboxylic acids is 1. The molecular weight excluding hydrogens is 586 g/mol. The summed E-state index contributed by atoms with van der Waals surface area (Å²) in [5.41, 5.74) is 11.0. The first-order chi connectivity index (χ1) is 23.2. The third-order valence-electron chi connectivity index (χ3n) is 8.85. The normalized spacial score (nSPS) is 14.7. The molecule has 3 heterocycles. The van der Waals surface area contributed by atoms with Gasteiger partial charge in [-0.05, 0) is 59.9 Å². The van der Waals surface area contributed by atoms with E-state index >= 15 is 0 Å². The van der Waals surface area contributed by atoms with E-state index in [1.807, 2.05) is 89.8 Å². The fourth-order valence-electron chi connectivity index (χ4n) is 6.45. The molecule has 0 unspecified atom stereocenters. The summed E-state index contributed by atoms with van der Waals surface area (Å²) in [6.07, 6.45) is 3.74. The van der Waals surface area contributed by atoms with Crippen LogP contribution in [0.25, 0.3) is 0 Å². The number of hydrazone groups is 1. The Morgan fingerprint density at radius 1 is 0.766 bits per heavy atom. The molecule has 1 aromatic heterocycles. The molecule has 1 fully saturated rings. The van der Waals surface area contributed by atoms with Gasteiger partial charge in [0, 0.05) is 30.5 Å². The second kappa shape index (κ2) is 13.4. The number of likely N-dealkylation sites (tertiary alicyclic amines) is 1. The molecule has 1 saturated heterocycles. The molecule has 5 aromatic rings. The third-order valence-corrected chi connectivity index (χ3v) is 8.85. The fraction of sp³-hybridized carbons (Fsp3) is 0.184. The second-order valence-electron chi connectivity index (χ2n) is 11.7. The molecule has 236 valence electrons. The molecule has 2 aliphatic heterocycles. The van der Waals surface area contributed by atoms with Crippen LogP contribution < -0.4 is 26.3 Å². The van der Waals surface area contributed by atoms with Crippen LogP contribution in [0.5, 0.6) is 5.75 Å². The molecule has 0 spiro atoms. The molecule has 0 aliphatic carbocycles. The van der Waals surface area contributed by atoms with E-state index in [9.17, 15) is 4.79 Å². The van der Waals surface area contributed by atoms with Gasteiger partial charge in [-0.25, -0.2) is 10.8 Å². The van der Waals surface area contributed by atoms with Gasteiger partial charge < -0.3 is 20.0 Å². The van der Waals surface area contributed by atoms with E-state index in [2.05, 4.69) is 57.1 Å². The number of nitrogens with two attached hydrogens (primary N) is 1. The summed E-state index contributed by atoms with van der Waals surface area (Å²) in [6.45, 7) is 2.70. The lowest BCUT2D eigenvalue weighted by Crippen LogP contribution is -2.44. The molecule has 9 nitrogen and oxygen atoms in total. The number of nitrogens with zero attached hydrogens (tertiary/aromatic N) is 4. The SMILES string of the molecule is NN/C(=N\NC(c1ccccc1)(c1ccccc1)c1ccccc1)c1ccc(N2CCOc3cc(C(=O)N4CCCC4)cnc32)cc1. The summed E-state index contributed by atoms with van der Waals surface area (Å²) in [5.74, 6) is 7.88. The maximum atomic E-state index is 13.0. The van der Waals surface area contributed by atoms with Crippen molar-refractivity contribution in [2.45, 2.75) is 18.4 Å². The lowest BCUT2D eigenvalue weighted by atomic mass is 9.77. The molecule has 7 rings (SSSR count). The zero-order valence-electron chi connectivity index (χ0n) is 26.0. The number of fused-ring (bicyclic) bond motifs is 1. The van der Waals surface area contributed by atoms with Crippen LogP contribution >= 0.6 is 0 Å². The van der Waals surface area contributed by atoms with Crippen molar-refractivity contribution in [3.05, 3.63) is 155 Å². The van der Waals surface area contributed by atoms with Crippen molar-refractivity contribution in [2.75, 3.05) is 31.1 Å². The molecule has 4 N–H and O–H groups in total. The highest BCUT2D eigenvalue weighted by Crippen LogP contribution is 2.38. The molecule has 0 saturated carbocycles. The van der Waals surface area contributed by atoms with Crippen molar-refractivity contribution in [3.63, 3.8) is 0 Å². The van der Waals surface area contributed by atoms with Crippen LogP contribution in [0.2, 0.25) is 0 Å². The van der Waals surface area contributed by atoms with Crippen LogP contribution in [0, 0.1) is 0 Å². The minimum atomic E-state index is -0.788. The van der Waals surface area contributed by atoms with Gasteiger partial charge in [0.2, 0.25) is 0 Å². The number of amidine groups is 1. The molecule has 0 radical (unpaired) electrons. The zero-order valence-corrected chi connectivity index (χ0v) is 26.0. The van der Waals surface area contributed by atoms with Gasteiger partial charge in [-0.3, -0.25) is 10.2 Å². The number of carbonyl (C=O) groups is 1. The summed E-state index contributed by atoms with van der Waals surface area (Å²) in [4.78, 5) is 21.6. The third kappa shape index (κ3) is 5.89. The number of hydrogen-bond donors (Lipinski definition) is 3. The van der Waals surface area contributed by atoms with Crippen LogP contribution in [-0.4, -0.2) is 47.9 Å². The minimum Gasteiger partial charge on any atom is -0.488 e. The van der Waals surface area contributed by atoms with Crippen LogP contribution in [0.15, 0.2) is 133 Å². The second-order valence-corrected chi connectivity index (χ2v) is 11.7. The summed E-state index contributed by atoms with van der Waals surface area (Å²) in [6, 6.07) is 40.7. The molecule has 9 heteroatoms.